The van der Waals surface area contributed by atoms with E-state index in [1.165, 1.54) is 0 Å². The number of aliphatic hydroxyl groups excluding tert-OH is 1. The topological polar surface area (TPSA) is 175 Å². The summed E-state index contributed by atoms with van der Waals surface area (Å²) >= 11 is 0. The molecule has 50 heavy (non-hydrogen) atoms. The molecule has 0 aromatic rings. The van der Waals surface area contributed by atoms with Gasteiger partial charge in [-0.3, -0.25) is 0 Å². The first kappa shape index (κ1) is 36.1. The van der Waals surface area contributed by atoms with Crippen molar-refractivity contribution < 1.29 is 52.7 Å². The summed E-state index contributed by atoms with van der Waals surface area (Å²) in [6.07, 6.45) is 7.57. The normalized spacial score (nSPS) is 37.4. The number of fused-ring (bicyclic) bond motifs is 6. The van der Waals surface area contributed by atoms with Crippen LogP contribution in [0.4, 0.5) is 9.59 Å². The molecule has 0 radical (unpaired) electrons. The maximum absolute atomic E-state index is 12.4. The van der Waals surface area contributed by atoms with E-state index in [0.29, 0.717) is 49.9 Å². The third kappa shape index (κ3) is 8.26. The molecule has 2 aliphatic carbocycles. The van der Waals surface area contributed by atoms with E-state index < -0.39 is 18.3 Å². The van der Waals surface area contributed by atoms with Gasteiger partial charge in [-0.05, 0) is 65.2 Å². The Kier molecular flexibility index (Phi) is 10.8. The second-order valence-electron chi connectivity index (χ2n) is 14.8. The lowest BCUT2D eigenvalue weighted by Crippen LogP contribution is -2.30. The zero-order chi connectivity index (χ0) is 35.6. The summed E-state index contributed by atoms with van der Waals surface area (Å²) in [5.41, 5.74) is 2.36. The molecule has 6 aliphatic rings. The minimum atomic E-state index is -0.822. The number of aliphatic hydroxyl groups is 1. The molecule has 4 fully saturated rings. The van der Waals surface area contributed by atoms with Crippen molar-refractivity contribution in [3.63, 3.8) is 0 Å². The number of ether oxygens (including phenoxy) is 6. The molecule has 0 unspecified atom stereocenters. The Morgan fingerprint density at radius 1 is 0.820 bits per heavy atom. The highest BCUT2D eigenvalue weighted by Crippen LogP contribution is 2.51. The molecule has 0 saturated carbocycles. The number of allylic oxidation sites excluding steroid dienone is 2. The first-order valence-corrected chi connectivity index (χ1v) is 17.9. The van der Waals surface area contributed by atoms with Crippen LogP contribution in [0.3, 0.4) is 0 Å². The van der Waals surface area contributed by atoms with Crippen molar-refractivity contribution in [3.05, 3.63) is 47.6 Å². The molecule has 4 heterocycles. The molecule has 0 aromatic carbocycles. The zero-order valence-corrected chi connectivity index (χ0v) is 29.0. The van der Waals surface area contributed by atoms with E-state index in [9.17, 15) is 24.3 Å². The zero-order valence-electron chi connectivity index (χ0n) is 29.0. The van der Waals surface area contributed by atoms with E-state index in [4.69, 9.17) is 28.4 Å². The highest BCUT2D eigenvalue weighted by molar-refractivity contribution is 5.91. The highest BCUT2D eigenvalue weighted by atomic mass is 16.7. The number of esters is 2. The van der Waals surface area contributed by atoms with Crippen molar-refractivity contribution in [3.8, 4) is 0 Å². The van der Waals surface area contributed by atoms with Gasteiger partial charge in [-0.1, -0.05) is 36.5 Å². The molecule has 0 spiro atoms. The van der Waals surface area contributed by atoms with Crippen molar-refractivity contribution in [1.82, 2.24) is 10.6 Å². The van der Waals surface area contributed by atoms with Gasteiger partial charge >= 0.3 is 24.1 Å². The highest BCUT2D eigenvalue weighted by Gasteiger charge is 2.62. The van der Waals surface area contributed by atoms with Crippen LogP contribution in [-0.4, -0.2) is 97.3 Å². The second kappa shape index (κ2) is 14.9. The molecule has 274 valence electrons. The van der Waals surface area contributed by atoms with Crippen LogP contribution in [0.2, 0.25) is 0 Å². The van der Waals surface area contributed by atoms with Gasteiger partial charge in [0.15, 0.2) is 0 Å². The van der Waals surface area contributed by atoms with Gasteiger partial charge in [0.1, 0.15) is 24.4 Å². The number of carbonyl (C=O) groups excluding carboxylic acids is 4. The molecule has 6 rings (SSSR count). The van der Waals surface area contributed by atoms with E-state index >= 15 is 0 Å². The monoisotopic (exact) mass is 698 g/mol. The van der Waals surface area contributed by atoms with E-state index in [1.54, 1.807) is 0 Å². The van der Waals surface area contributed by atoms with Crippen LogP contribution in [0.5, 0.6) is 0 Å². The van der Waals surface area contributed by atoms with Crippen LogP contribution in [0, 0.1) is 11.8 Å². The lowest BCUT2D eigenvalue weighted by atomic mass is 9.84. The van der Waals surface area contributed by atoms with Crippen LogP contribution in [0.1, 0.15) is 78.1 Å². The Labute approximate surface area is 292 Å². The number of amides is 2. The van der Waals surface area contributed by atoms with E-state index in [2.05, 4.69) is 35.9 Å². The maximum atomic E-state index is 12.4. The number of rotatable bonds is 10. The summed E-state index contributed by atoms with van der Waals surface area (Å²) in [4.78, 5) is 49.1. The van der Waals surface area contributed by atoms with Gasteiger partial charge in [0.2, 0.25) is 0 Å². The number of carbonyl (C=O) groups is 4. The fourth-order valence-corrected chi connectivity index (χ4v) is 7.75. The molecular weight excluding hydrogens is 648 g/mol. The van der Waals surface area contributed by atoms with Gasteiger partial charge in [0, 0.05) is 48.9 Å². The lowest BCUT2D eigenvalue weighted by Gasteiger charge is -2.20. The molecule has 4 aliphatic heterocycles. The van der Waals surface area contributed by atoms with Crippen molar-refractivity contribution in [1.29, 1.82) is 0 Å². The summed E-state index contributed by atoms with van der Waals surface area (Å²) in [5, 5.41) is 15.9. The fourth-order valence-electron chi connectivity index (χ4n) is 7.75. The standard InChI is InChI=1S/C37H50N2O11/c1-21-26-11-9-23(7-5-15-36(3)30(49-36)28(26)47-32(21)41)19-38-34(43)45-17-13-25(40)14-18-46-35(44)39-20-24-8-6-16-37(4)31(50-37)29-27(12-10-24)22(2)33(42)48-29/h7-8,25-31,40H,1-2,5-6,9-20H2,3-4H3,(H,38,43)(H,39,44)/b23-7+,24-8+/t26-,27-,28-,29-,30-,31-,36+,37+/m0/s1. The fraction of sp³-hybridized carbons (Fsp3) is 0.676. The molecule has 13 nitrogen and oxygen atoms in total. The predicted molar refractivity (Wildman–Crippen MR) is 179 cm³/mol. The largest absolute Gasteiger partial charge is 0.455 e. The summed E-state index contributed by atoms with van der Waals surface area (Å²) < 4.78 is 33.6. The number of nitrogens with one attached hydrogen (secondary N) is 2. The third-order valence-electron chi connectivity index (χ3n) is 11.2. The van der Waals surface area contributed by atoms with Gasteiger partial charge in [-0.15, -0.1) is 0 Å². The molecule has 0 bridgehead atoms. The number of alkyl carbamates (subject to hydrolysis) is 2. The third-order valence-corrected chi connectivity index (χ3v) is 11.2. The Hall–Kier alpha value is -3.68. The minimum Gasteiger partial charge on any atom is -0.455 e. The summed E-state index contributed by atoms with van der Waals surface area (Å²) in [7, 11) is 0. The van der Waals surface area contributed by atoms with Gasteiger partial charge in [0.25, 0.3) is 0 Å². The lowest BCUT2D eigenvalue weighted by molar-refractivity contribution is -0.140. The molecule has 4 saturated heterocycles. The van der Waals surface area contributed by atoms with Crippen molar-refractivity contribution >= 4 is 24.1 Å². The van der Waals surface area contributed by atoms with Crippen molar-refractivity contribution in [2.75, 3.05) is 26.3 Å². The quantitative estimate of drug-likeness (QED) is 0.0986. The smallest absolute Gasteiger partial charge is 0.407 e. The first-order chi connectivity index (χ1) is 23.9. The van der Waals surface area contributed by atoms with E-state index in [0.717, 1.165) is 36.8 Å². The number of hydrogen-bond donors (Lipinski definition) is 3. The van der Waals surface area contributed by atoms with Crippen molar-refractivity contribution in [2.24, 2.45) is 11.8 Å². The molecule has 3 N–H and O–H groups in total. The predicted octanol–water partition coefficient (Wildman–Crippen LogP) is 4.09. The van der Waals surface area contributed by atoms with Crippen molar-refractivity contribution in [2.45, 2.75) is 120 Å². The van der Waals surface area contributed by atoms with Crippen LogP contribution in [0.15, 0.2) is 47.6 Å². The number of hydrogen-bond acceptors (Lipinski definition) is 11. The van der Waals surface area contributed by atoms with Gasteiger partial charge in [-0.2, -0.15) is 0 Å². The summed E-state index contributed by atoms with van der Waals surface area (Å²) in [5.74, 6) is -0.959. The van der Waals surface area contributed by atoms with E-state index in [1.807, 2.05) is 13.8 Å². The number of epoxide rings is 2. The maximum Gasteiger partial charge on any atom is 0.407 e. The molecule has 8 atom stereocenters. The first-order valence-electron chi connectivity index (χ1n) is 17.9. The summed E-state index contributed by atoms with van der Waals surface area (Å²) in [6.45, 7) is 12.6. The SMILES string of the molecule is C=C1C(=O)O[C@H]2[C@H]1CC/C(CNC(=O)OCCC(O)CCOC(=O)NC/C1=C/CC[C@@]3(C)O[C@H]3[C@H]3OC(=O)C(=C)[C@@H]3CC1)=C\CC[C@@]1(C)O[C@@H]21. The average Bonchev–Trinajstić information content (AvgIpc) is 3.89. The van der Waals surface area contributed by atoms with Crippen LogP contribution < -0.4 is 10.6 Å². The second-order valence-corrected chi connectivity index (χ2v) is 14.8. The van der Waals surface area contributed by atoms with Gasteiger partial charge in [0.05, 0.1) is 30.5 Å². The Balaban J connectivity index is 0.849. The Morgan fingerprint density at radius 3 is 1.66 bits per heavy atom. The average molecular weight is 699 g/mol. The van der Waals surface area contributed by atoms with Crippen LogP contribution >= 0.6 is 0 Å². The molecule has 2 amide bonds. The van der Waals surface area contributed by atoms with E-state index in [-0.39, 0.29) is 85.4 Å². The van der Waals surface area contributed by atoms with Gasteiger partial charge in [-0.25, -0.2) is 19.2 Å². The summed E-state index contributed by atoms with van der Waals surface area (Å²) in [6, 6.07) is 0. The van der Waals surface area contributed by atoms with Crippen LogP contribution in [0.25, 0.3) is 0 Å². The molecular formula is C37H50N2O11. The van der Waals surface area contributed by atoms with Gasteiger partial charge < -0.3 is 44.2 Å². The Morgan fingerprint density at radius 2 is 1.24 bits per heavy atom. The molecule has 0 aromatic heterocycles. The molecule has 13 heteroatoms. The minimum absolute atomic E-state index is 0.00224. The Bertz CT molecular complexity index is 1350. The van der Waals surface area contributed by atoms with Crippen LogP contribution in [-0.2, 0) is 38.0 Å².